The molecule has 3 fully saturated rings. The maximum atomic E-state index is 13.4. The zero-order chi connectivity index (χ0) is 41.5. The summed E-state index contributed by atoms with van der Waals surface area (Å²) >= 11 is 1.39. The second-order valence-corrected chi connectivity index (χ2v) is 14.9. The number of thiazole rings is 1. The van der Waals surface area contributed by atoms with Crippen molar-refractivity contribution < 1.29 is 38.3 Å². The van der Waals surface area contributed by atoms with Gasteiger partial charge in [0.05, 0.1) is 13.0 Å². The summed E-state index contributed by atoms with van der Waals surface area (Å²) in [5.41, 5.74) is 1.32. The Morgan fingerprint density at radius 2 is 1.66 bits per heavy atom. The fraction of sp³-hybridized carbons (Fsp3) is 0.590. The van der Waals surface area contributed by atoms with Crippen LogP contribution in [-0.4, -0.2) is 133 Å². The first kappa shape index (κ1) is 47.3. The number of nitrogens with one attached hydrogen (secondary N) is 4. The molecule has 310 valence electrons. The molecule has 4 unspecified atom stereocenters. The van der Waals surface area contributed by atoms with Crippen molar-refractivity contribution in [3.8, 4) is 0 Å². The van der Waals surface area contributed by atoms with E-state index >= 15 is 0 Å². The van der Waals surface area contributed by atoms with Crippen LogP contribution < -0.4 is 21.3 Å². The number of carbonyl (C=O) groups excluding carboxylic acids is 7. The largest absolute Gasteiger partial charge is 0.464 e. The van der Waals surface area contributed by atoms with E-state index in [1.54, 1.807) is 35.5 Å². The van der Waals surface area contributed by atoms with Crippen LogP contribution in [0.4, 0.5) is 5.13 Å². The van der Waals surface area contributed by atoms with Crippen molar-refractivity contribution in [3.63, 3.8) is 0 Å². The van der Waals surface area contributed by atoms with Crippen molar-refractivity contribution in [2.75, 3.05) is 52.2 Å². The van der Waals surface area contributed by atoms with Gasteiger partial charge in [0, 0.05) is 44.3 Å². The molecule has 4 heterocycles. The molecule has 3 aliphatic rings. The SMILES string of the molecule is CC1CC(C(=O)OCCC(=O)N2CCCC2C(=O)N2CCCCC2C(=O)NC(C)C)N(C=O)C1.CNCC(=O)NC.Cc1ccccc1.O=CNc1nccs1. The molecule has 0 aliphatic carbocycles. The lowest BCUT2D eigenvalue weighted by Gasteiger charge is -2.38. The van der Waals surface area contributed by atoms with Crippen LogP contribution in [0.15, 0.2) is 41.9 Å². The number of likely N-dealkylation sites (tertiary alicyclic amines) is 3. The molecule has 5 rings (SSSR count). The molecule has 0 spiro atoms. The topological polar surface area (TPSA) is 199 Å². The zero-order valence-corrected chi connectivity index (χ0v) is 34.3. The van der Waals surface area contributed by atoms with E-state index < -0.39 is 24.1 Å². The molecule has 3 saturated heterocycles. The summed E-state index contributed by atoms with van der Waals surface area (Å²) in [4.78, 5) is 90.9. The van der Waals surface area contributed by atoms with E-state index in [1.165, 1.54) is 21.8 Å². The maximum absolute atomic E-state index is 13.4. The van der Waals surface area contributed by atoms with E-state index in [0.29, 0.717) is 69.8 Å². The predicted octanol–water partition coefficient (Wildman–Crippen LogP) is 2.34. The highest BCUT2D eigenvalue weighted by Crippen LogP contribution is 2.26. The molecule has 1 aromatic heterocycles. The minimum atomic E-state index is -0.600. The van der Waals surface area contributed by atoms with E-state index in [4.69, 9.17) is 4.74 Å². The Bertz CT molecular complexity index is 1510. The van der Waals surface area contributed by atoms with Gasteiger partial charge in [-0.3, -0.25) is 28.8 Å². The number of piperidine rings is 1. The highest BCUT2D eigenvalue weighted by molar-refractivity contribution is 7.13. The molecular formula is C39H60N8O8S. The van der Waals surface area contributed by atoms with Crippen molar-refractivity contribution in [3.05, 3.63) is 47.5 Å². The number of aromatic nitrogens is 1. The molecule has 6 amide bonds. The average Bonchev–Trinajstić information content (AvgIpc) is 3.97. The predicted molar refractivity (Wildman–Crippen MR) is 214 cm³/mol. The third-order valence-corrected chi connectivity index (χ3v) is 9.77. The van der Waals surface area contributed by atoms with Crippen LogP contribution in [0.2, 0.25) is 0 Å². The number of ether oxygens (including phenoxy) is 1. The van der Waals surface area contributed by atoms with Gasteiger partial charge in [-0.25, -0.2) is 9.78 Å². The molecule has 16 nitrogen and oxygen atoms in total. The van der Waals surface area contributed by atoms with Crippen LogP contribution >= 0.6 is 11.3 Å². The van der Waals surface area contributed by atoms with E-state index in [0.717, 1.165) is 12.8 Å². The van der Waals surface area contributed by atoms with Crippen LogP contribution in [-0.2, 0) is 38.3 Å². The molecule has 4 atom stereocenters. The Labute approximate surface area is 334 Å². The maximum Gasteiger partial charge on any atom is 0.328 e. The minimum absolute atomic E-state index is 0.00954. The third kappa shape index (κ3) is 16.5. The molecule has 0 bridgehead atoms. The van der Waals surface area contributed by atoms with Gasteiger partial charge in [0.25, 0.3) is 0 Å². The van der Waals surface area contributed by atoms with Crippen molar-refractivity contribution in [2.24, 2.45) is 5.92 Å². The Balaban J connectivity index is 0.000000393. The molecule has 2 aromatic rings. The summed E-state index contributed by atoms with van der Waals surface area (Å²) in [6.07, 6.45) is 7.07. The number of carbonyl (C=O) groups is 7. The van der Waals surface area contributed by atoms with Gasteiger partial charge in [-0.15, -0.1) is 11.3 Å². The van der Waals surface area contributed by atoms with Crippen molar-refractivity contribution in [2.45, 2.75) is 96.8 Å². The molecule has 0 saturated carbocycles. The van der Waals surface area contributed by atoms with Crippen molar-refractivity contribution in [1.29, 1.82) is 0 Å². The normalized spacial score (nSPS) is 19.8. The van der Waals surface area contributed by atoms with E-state index in [-0.39, 0.29) is 48.6 Å². The second kappa shape index (κ2) is 26.0. The van der Waals surface area contributed by atoms with E-state index in [1.807, 2.05) is 39.0 Å². The van der Waals surface area contributed by atoms with Gasteiger partial charge in [-0.1, -0.05) is 42.8 Å². The summed E-state index contributed by atoms with van der Waals surface area (Å²) in [5, 5.41) is 12.9. The highest BCUT2D eigenvalue weighted by atomic mass is 32.1. The molecule has 17 heteroatoms. The van der Waals surface area contributed by atoms with E-state index in [9.17, 15) is 33.6 Å². The van der Waals surface area contributed by atoms with Crippen molar-refractivity contribution >= 4 is 58.9 Å². The lowest BCUT2D eigenvalue weighted by molar-refractivity contribution is -0.153. The summed E-state index contributed by atoms with van der Waals surface area (Å²) in [6, 6.07) is 8.56. The van der Waals surface area contributed by atoms with Gasteiger partial charge >= 0.3 is 5.97 Å². The van der Waals surface area contributed by atoms with E-state index in [2.05, 4.69) is 45.3 Å². The first-order chi connectivity index (χ1) is 26.9. The number of anilines is 1. The zero-order valence-electron chi connectivity index (χ0n) is 33.5. The Kier molecular flexibility index (Phi) is 22.0. The lowest BCUT2D eigenvalue weighted by atomic mass is 9.99. The summed E-state index contributed by atoms with van der Waals surface area (Å²) in [6.45, 7) is 9.65. The molecule has 1 aromatic carbocycles. The van der Waals surface area contributed by atoms with Crippen LogP contribution in [0.3, 0.4) is 0 Å². The Hall–Kier alpha value is -4.90. The number of rotatable bonds is 12. The molecule has 0 radical (unpaired) electrons. The molecular weight excluding hydrogens is 741 g/mol. The van der Waals surface area contributed by atoms with Crippen LogP contribution in [0.5, 0.6) is 0 Å². The van der Waals surface area contributed by atoms with Gasteiger partial charge in [0.1, 0.15) is 24.7 Å². The number of hydrogen-bond acceptors (Lipinski definition) is 11. The van der Waals surface area contributed by atoms with Gasteiger partial charge in [0.15, 0.2) is 5.13 Å². The van der Waals surface area contributed by atoms with Crippen LogP contribution in [0, 0.1) is 12.8 Å². The van der Waals surface area contributed by atoms with Crippen molar-refractivity contribution in [1.82, 2.24) is 35.6 Å². The van der Waals surface area contributed by atoms with Gasteiger partial charge in [-0.05, 0) is 72.3 Å². The number of aryl methyl sites for hydroxylation is 1. The summed E-state index contributed by atoms with van der Waals surface area (Å²) in [5.74, 6) is -0.810. The van der Waals surface area contributed by atoms with Gasteiger partial charge in [-0.2, -0.15) is 0 Å². The van der Waals surface area contributed by atoms with Gasteiger partial charge < -0.3 is 40.7 Å². The first-order valence-corrected chi connectivity index (χ1v) is 20.0. The fourth-order valence-corrected chi connectivity index (χ4v) is 6.88. The Morgan fingerprint density at radius 1 is 0.964 bits per heavy atom. The molecule has 56 heavy (non-hydrogen) atoms. The fourth-order valence-electron chi connectivity index (χ4n) is 6.40. The number of amides is 6. The summed E-state index contributed by atoms with van der Waals surface area (Å²) in [7, 11) is 3.34. The van der Waals surface area contributed by atoms with Crippen LogP contribution in [0.1, 0.15) is 71.3 Å². The Morgan fingerprint density at radius 3 is 2.21 bits per heavy atom. The average molecular weight is 801 g/mol. The minimum Gasteiger partial charge on any atom is -0.464 e. The second-order valence-electron chi connectivity index (χ2n) is 14.0. The lowest BCUT2D eigenvalue weighted by Crippen LogP contribution is -2.57. The number of likely N-dealkylation sites (N-methyl/N-ethyl adjacent to an activating group) is 2. The quantitative estimate of drug-likeness (QED) is 0.183. The van der Waals surface area contributed by atoms with Gasteiger partial charge in [0.2, 0.25) is 36.4 Å². The number of benzene rings is 1. The monoisotopic (exact) mass is 800 g/mol. The number of hydrogen-bond donors (Lipinski definition) is 4. The summed E-state index contributed by atoms with van der Waals surface area (Å²) < 4.78 is 5.30. The van der Waals surface area contributed by atoms with Crippen LogP contribution in [0.25, 0.3) is 0 Å². The smallest absolute Gasteiger partial charge is 0.328 e. The standard InChI is InChI=1S/C24H38N4O6.C7H8.C4H4N2OS.C4H10N2O/c1-16(2)25-22(31)18-7-4-5-10-28(18)23(32)19-8-6-11-27(19)21(30)9-12-34-24(33)20-13-17(3)14-26(20)15-29;1-7-5-3-2-4-6-7;7-3-6-4-5-1-2-8-4;1-5-3-4(7)6-2/h15-20H,4-14H2,1-3H3,(H,25,31);2-6H,1H3;1-3H,(H,5,6,7);5H,3H2,1-2H3,(H,6,7). The number of nitrogens with zero attached hydrogens (tertiary/aromatic N) is 4. The third-order valence-electron chi connectivity index (χ3n) is 9.07. The highest BCUT2D eigenvalue weighted by Gasteiger charge is 2.41. The molecule has 4 N–H and O–H groups in total. The first-order valence-electron chi connectivity index (χ1n) is 19.1. The molecule has 3 aliphatic heterocycles. The number of esters is 1.